The molecule has 0 saturated carbocycles. The van der Waals surface area contributed by atoms with Crippen LogP contribution in [0, 0.1) is 0 Å². The standard InChI is InChI=1S/C11H16N2O3S/c1-17(15,16)7-6-11(14)13-10-5-3-2-4-9(10)8-12/h2-5H,6-8,12H2,1H3,(H,13,14). The SMILES string of the molecule is CS(=O)(=O)CCC(=O)Nc1ccccc1CN. The van der Waals surface area contributed by atoms with Crippen molar-refractivity contribution in [2.75, 3.05) is 17.3 Å². The Morgan fingerprint density at radius 3 is 2.59 bits per heavy atom. The minimum absolute atomic E-state index is 0.0439. The Hall–Kier alpha value is -1.40. The maximum atomic E-state index is 11.5. The molecule has 0 radical (unpaired) electrons. The van der Waals surface area contributed by atoms with Gasteiger partial charge in [0.1, 0.15) is 9.84 Å². The van der Waals surface area contributed by atoms with Gasteiger partial charge in [-0.15, -0.1) is 0 Å². The fraction of sp³-hybridized carbons (Fsp3) is 0.364. The molecule has 0 atom stereocenters. The highest BCUT2D eigenvalue weighted by atomic mass is 32.2. The van der Waals surface area contributed by atoms with Gasteiger partial charge in [0.2, 0.25) is 5.91 Å². The van der Waals surface area contributed by atoms with Gasteiger partial charge in [-0.2, -0.15) is 0 Å². The highest BCUT2D eigenvalue weighted by molar-refractivity contribution is 7.90. The summed E-state index contributed by atoms with van der Waals surface area (Å²) in [5.74, 6) is -0.472. The summed E-state index contributed by atoms with van der Waals surface area (Å²) in [5, 5.41) is 2.65. The van der Waals surface area contributed by atoms with Gasteiger partial charge in [-0.25, -0.2) is 8.42 Å². The highest BCUT2D eigenvalue weighted by Crippen LogP contribution is 2.14. The number of carbonyl (C=O) groups is 1. The van der Waals surface area contributed by atoms with Crippen LogP contribution in [0.2, 0.25) is 0 Å². The Balaban J connectivity index is 2.62. The second kappa shape index (κ2) is 5.79. The Morgan fingerprint density at radius 2 is 2.00 bits per heavy atom. The summed E-state index contributed by atoms with van der Waals surface area (Å²) in [5.41, 5.74) is 6.97. The normalized spacial score (nSPS) is 11.2. The number of nitrogens with one attached hydrogen (secondary N) is 1. The summed E-state index contributed by atoms with van der Waals surface area (Å²) in [4.78, 5) is 11.5. The van der Waals surface area contributed by atoms with Crippen LogP contribution in [0.4, 0.5) is 5.69 Å². The summed E-state index contributed by atoms with van der Waals surface area (Å²) in [6, 6.07) is 7.16. The zero-order chi connectivity index (χ0) is 12.9. The molecule has 0 bridgehead atoms. The van der Waals surface area contributed by atoms with Gasteiger partial charge in [-0.3, -0.25) is 4.79 Å². The van der Waals surface area contributed by atoms with E-state index < -0.39 is 9.84 Å². The number of hydrogen-bond acceptors (Lipinski definition) is 4. The molecule has 94 valence electrons. The van der Waals surface area contributed by atoms with Crippen molar-refractivity contribution in [1.29, 1.82) is 0 Å². The van der Waals surface area contributed by atoms with Crippen molar-refractivity contribution in [1.82, 2.24) is 0 Å². The lowest BCUT2D eigenvalue weighted by atomic mass is 10.2. The number of amides is 1. The fourth-order valence-corrected chi connectivity index (χ4v) is 1.87. The Morgan fingerprint density at radius 1 is 1.35 bits per heavy atom. The van der Waals surface area contributed by atoms with Crippen molar-refractivity contribution >= 4 is 21.4 Å². The number of anilines is 1. The van der Waals surface area contributed by atoms with Crippen molar-refractivity contribution < 1.29 is 13.2 Å². The molecule has 0 spiro atoms. The minimum Gasteiger partial charge on any atom is -0.326 e. The molecule has 6 heteroatoms. The Labute approximate surface area is 101 Å². The third-order valence-electron chi connectivity index (χ3n) is 2.21. The van der Waals surface area contributed by atoms with Crippen LogP contribution in [-0.2, 0) is 21.2 Å². The van der Waals surface area contributed by atoms with Crippen LogP contribution in [-0.4, -0.2) is 26.3 Å². The molecule has 0 aliphatic rings. The first-order valence-corrected chi connectivity index (χ1v) is 7.24. The lowest BCUT2D eigenvalue weighted by Gasteiger charge is -2.09. The van der Waals surface area contributed by atoms with Crippen LogP contribution in [0.5, 0.6) is 0 Å². The van der Waals surface area contributed by atoms with Crippen molar-refractivity contribution in [3.8, 4) is 0 Å². The molecular weight excluding hydrogens is 240 g/mol. The topological polar surface area (TPSA) is 89.3 Å². The minimum atomic E-state index is -3.11. The van der Waals surface area contributed by atoms with Crippen LogP contribution in [0.3, 0.4) is 0 Å². The molecule has 1 amide bonds. The zero-order valence-corrected chi connectivity index (χ0v) is 10.5. The van der Waals surface area contributed by atoms with Gasteiger partial charge in [0.05, 0.1) is 5.75 Å². The monoisotopic (exact) mass is 256 g/mol. The Kier molecular flexibility index (Phi) is 4.65. The molecule has 0 fully saturated rings. The van der Waals surface area contributed by atoms with E-state index in [1.54, 1.807) is 12.1 Å². The van der Waals surface area contributed by atoms with E-state index in [0.29, 0.717) is 12.2 Å². The van der Waals surface area contributed by atoms with E-state index in [0.717, 1.165) is 11.8 Å². The van der Waals surface area contributed by atoms with Crippen molar-refractivity contribution in [3.05, 3.63) is 29.8 Å². The maximum absolute atomic E-state index is 11.5. The third kappa shape index (κ3) is 4.97. The number of carbonyl (C=O) groups excluding carboxylic acids is 1. The second-order valence-corrected chi connectivity index (χ2v) is 6.05. The summed E-state index contributed by atoms with van der Waals surface area (Å²) in [6.45, 7) is 0.322. The van der Waals surface area contributed by atoms with Crippen molar-refractivity contribution in [2.24, 2.45) is 5.73 Å². The number of rotatable bonds is 5. The summed E-state index contributed by atoms with van der Waals surface area (Å²) < 4.78 is 21.8. The van der Waals surface area contributed by atoms with Crippen LogP contribution in [0.1, 0.15) is 12.0 Å². The second-order valence-electron chi connectivity index (χ2n) is 3.79. The van der Waals surface area contributed by atoms with Gasteiger partial charge in [-0.05, 0) is 11.6 Å². The molecule has 0 heterocycles. The molecule has 1 aromatic rings. The van der Waals surface area contributed by atoms with Gasteiger partial charge in [0.25, 0.3) is 0 Å². The average molecular weight is 256 g/mol. The lowest BCUT2D eigenvalue weighted by Crippen LogP contribution is -2.17. The predicted molar refractivity (Wildman–Crippen MR) is 67.3 cm³/mol. The van der Waals surface area contributed by atoms with Crippen LogP contribution >= 0.6 is 0 Å². The van der Waals surface area contributed by atoms with Crippen molar-refractivity contribution in [3.63, 3.8) is 0 Å². The number of benzene rings is 1. The molecule has 3 N–H and O–H groups in total. The molecule has 1 rings (SSSR count). The number of hydrogen-bond donors (Lipinski definition) is 2. The van der Waals surface area contributed by atoms with Gasteiger partial charge >= 0.3 is 0 Å². The van der Waals surface area contributed by atoms with Crippen LogP contribution in [0.15, 0.2) is 24.3 Å². The first kappa shape index (κ1) is 13.7. The first-order chi connectivity index (χ1) is 7.92. The smallest absolute Gasteiger partial charge is 0.225 e. The zero-order valence-electron chi connectivity index (χ0n) is 9.64. The third-order valence-corrected chi connectivity index (χ3v) is 3.16. The molecule has 0 aromatic heterocycles. The van der Waals surface area contributed by atoms with Crippen molar-refractivity contribution in [2.45, 2.75) is 13.0 Å². The fourth-order valence-electron chi connectivity index (χ4n) is 1.31. The van der Waals surface area contributed by atoms with E-state index >= 15 is 0 Å². The van der Waals surface area contributed by atoms with Crippen LogP contribution < -0.4 is 11.1 Å². The predicted octanol–water partition coefficient (Wildman–Crippen LogP) is 0.518. The summed E-state index contributed by atoms with van der Waals surface area (Å²) >= 11 is 0. The van der Waals surface area contributed by atoms with E-state index in [-0.39, 0.29) is 18.1 Å². The molecular formula is C11H16N2O3S. The average Bonchev–Trinajstić information content (AvgIpc) is 2.26. The molecule has 1 aromatic carbocycles. The van der Waals surface area contributed by atoms with Gasteiger partial charge in [0, 0.05) is 24.9 Å². The van der Waals surface area contributed by atoms with E-state index in [4.69, 9.17) is 5.73 Å². The van der Waals surface area contributed by atoms with Gasteiger partial charge < -0.3 is 11.1 Å². The van der Waals surface area contributed by atoms with E-state index in [9.17, 15) is 13.2 Å². The van der Waals surface area contributed by atoms with Crippen LogP contribution in [0.25, 0.3) is 0 Å². The highest BCUT2D eigenvalue weighted by Gasteiger charge is 2.09. The molecule has 0 unspecified atom stereocenters. The first-order valence-electron chi connectivity index (χ1n) is 5.18. The van der Waals surface area contributed by atoms with E-state index in [2.05, 4.69) is 5.32 Å². The maximum Gasteiger partial charge on any atom is 0.225 e. The molecule has 5 nitrogen and oxygen atoms in total. The largest absolute Gasteiger partial charge is 0.326 e. The van der Waals surface area contributed by atoms with Gasteiger partial charge in [0.15, 0.2) is 0 Å². The molecule has 0 aliphatic carbocycles. The molecule has 17 heavy (non-hydrogen) atoms. The summed E-state index contributed by atoms with van der Waals surface area (Å²) in [7, 11) is -3.11. The lowest BCUT2D eigenvalue weighted by molar-refractivity contribution is -0.115. The number of sulfone groups is 1. The number of nitrogens with two attached hydrogens (primary N) is 1. The summed E-state index contributed by atoms with van der Waals surface area (Å²) in [6.07, 6.45) is 1.06. The molecule has 0 saturated heterocycles. The number of para-hydroxylation sites is 1. The molecule has 0 aliphatic heterocycles. The van der Waals surface area contributed by atoms with E-state index in [1.165, 1.54) is 0 Å². The van der Waals surface area contributed by atoms with E-state index in [1.807, 2.05) is 12.1 Å². The Bertz CT molecular complexity index is 497. The van der Waals surface area contributed by atoms with Gasteiger partial charge in [-0.1, -0.05) is 18.2 Å². The quantitative estimate of drug-likeness (QED) is 0.803.